The minimum atomic E-state index is -4.31. The highest BCUT2D eigenvalue weighted by Crippen LogP contribution is 2.49. The van der Waals surface area contributed by atoms with Crippen LogP contribution in [-0.2, 0) is 9.09 Å². The lowest BCUT2D eigenvalue weighted by Gasteiger charge is -2.28. The highest BCUT2D eigenvalue weighted by atomic mass is 31.2. The molecule has 1 fully saturated rings. The largest absolute Gasteiger partial charge is 0.470 e. The summed E-state index contributed by atoms with van der Waals surface area (Å²) in [5, 5.41) is 0. The van der Waals surface area contributed by atoms with Gasteiger partial charge in [-0.25, -0.2) is 4.57 Å². The van der Waals surface area contributed by atoms with E-state index in [2.05, 4.69) is 0 Å². The van der Waals surface area contributed by atoms with Crippen molar-refractivity contribution in [1.82, 2.24) is 0 Å². The van der Waals surface area contributed by atoms with Gasteiger partial charge in [0.25, 0.3) is 0 Å². The topological polar surface area (TPSA) is 66.8 Å². The van der Waals surface area contributed by atoms with Crippen LogP contribution in [0.25, 0.3) is 0 Å². The Morgan fingerprint density at radius 2 is 1.92 bits per heavy atom. The third-order valence-corrected chi connectivity index (χ3v) is 3.16. The zero-order valence-electron chi connectivity index (χ0n) is 7.90. The molecule has 0 bridgehead atoms. The molecular formula is C8H17O4P. The molecule has 1 aliphatic rings. The Labute approximate surface area is 78.5 Å². The van der Waals surface area contributed by atoms with Gasteiger partial charge in [0, 0.05) is 0 Å². The van der Waals surface area contributed by atoms with Crippen LogP contribution in [0.4, 0.5) is 0 Å². The van der Waals surface area contributed by atoms with Crippen molar-refractivity contribution in [3.63, 3.8) is 0 Å². The van der Waals surface area contributed by atoms with Crippen LogP contribution in [0.15, 0.2) is 0 Å². The molecule has 0 amide bonds. The number of phosphoric acid groups is 1. The van der Waals surface area contributed by atoms with Gasteiger partial charge in [0.15, 0.2) is 0 Å². The molecule has 0 aromatic rings. The molecular weight excluding hydrogens is 191 g/mol. The molecule has 0 saturated heterocycles. The summed E-state index contributed by atoms with van der Waals surface area (Å²) in [5.74, 6) is 0. The Hall–Kier alpha value is 0.110. The fraction of sp³-hybridized carbons (Fsp3) is 1.00. The summed E-state index contributed by atoms with van der Waals surface area (Å²) in [4.78, 5) is 17.5. The average Bonchev–Trinajstić information content (AvgIpc) is 2.33. The Kier molecular flexibility index (Phi) is 3.52. The Balaban J connectivity index is 2.62. The molecule has 2 N–H and O–H groups in total. The summed E-state index contributed by atoms with van der Waals surface area (Å²) in [6.45, 7) is 2.00. The molecule has 0 unspecified atom stereocenters. The monoisotopic (exact) mass is 208 g/mol. The molecule has 5 heteroatoms. The minimum Gasteiger partial charge on any atom is -0.303 e. The van der Waals surface area contributed by atoms with E-state index < -0.39 is 13.4 Å². The van der Waals surface area contributed by atoms with Crippen LogP contribution in [0.3, 0.4) is 0 Å². The molecule has 1 rings (SSSR count). The van der Waals surface area contributed by atoms with Crippen molar-refractivity contribution in [2.24, 2.45) is 0 Å². The van der Waals surface area contributed by atoms with Crippen molar-refractivity contribution in [1.29, 1.82) is 0 Å². The fourth-order valence-corrected chi connectivity index (χ4v) is 2.89. The molecule has 13 heavy (non-hydrogen) atoms. The third-order valence-electron chi connectivity index (χ3n) is 2.53. The molecule has 1 aliphatic carbocycles. The molecule has 0 radical (unpaired) electrons. The van der Waals surface area contributed by atoms with E-state index >= 15 is 0 Å². The first-order valence-corrected chi connectivity index (χ1v) is 6.27. The zero-order chi connectivity index (χ0) is 9.95. The summed E-state index contributed by atoms with van der Waals surface area (Å²) in [5.41, 5.74) is -0.534. The van der Waals surface area contributed by atoms with E-state index in [1.807, 2.05) is 6.92 Å². The first-order chi connectivity index (χ1) is 5.97. The van der Waals surface area contributed by atoms with Crippen molar-refractivity contribution in [2.45, 2.75) is 51.0 Å². The van der Waals surface area contributed by atoms with Gasteiger partial charge in [0.1, 0.15) is 0 Å². The van der Waals surface area contributed by atoms with Crippen LogP contribution >= 0.6 is 7.82 Å². The van der Waals surface area contributed by atoms with Crippen LogP contribution in [-0.4, -0.2) is 15.4 Å². The van der Waals surface area contributed by atoms with Crippen LogP contribution < -0.4 is 0 Å². The van der Waals surface area contributed by atoms with E-state index in [0.717, 1.165) is 38.5 Å². The summed E-state index contributed by atoms with van der Waals surface area (Å²) in [6, 6.07) is 0. The smallest absolute Gasteiger partial charge is 0.303 e. The molecule has 4 nitrogen and oxygen atoms in total. The maximum Gasteiger partial charge on any atom is 0.470 e. The van der Waals surface area contributed by atoms with Gasteiger partial charge in [0.05, 0.1) is 5.60 Å². The lowest BCUT2D eigenvalue weighted by atomic mass is 9.97. The standard InChI is InChI=1S/C8H17O4P/c1-2-5-8(6-3-4-7-8)12-13(9,10)11/h2-7H2,1H3,(H2,9,10,11). The fourth-order valence-electron chi connectivity index (χ4n) is 2.11. The van der Waals surface area contributed by atoms with Crippen molar-refractivity contribution >= 4 is 7.82 Å². The van der Waals surface area contributed by atoms with Gasteiger partial charge in [-0.05, 0) is 19.3 Å². The van der Waals surface area contributed by atoms with E-state index in [4.69, 9.17) is 14.3 Å². The number of hydrogen-bond donors (Lipinski definition) is 2. The maximum absolute atomic E-state index is 10.7. The minimum absolute atomic E-state index is 0.534. The van der Waals surface area contributed by atoms with Gasteiger partial charge >= 0.3 is 7.82 Å². The van der Waals surface area contributed by atoms with Crippen molar-refractivity contribution in [2.75, 3.05) is 0 Å². The second-order valence-electron chi connectivity index (χ2n) is 3.72. The summed E-state index contributed by atoms with van der Waals surface area (Å²) >= 11 is 0. The third kappa shape index (κ3) is 3.39. The van der Waals surface area contributed by atoms with E-state index in [9.17, 15) is 4.57 Å². The van der Waals surface area contributed by atoms with Crippen LogP contribution in [0.1, 0.15) is 45.4 Å². The number of hydrogen-bond acceptors (Lipinski definition) is 2. The van der Waals surface area contributed by atoms with Gasteiger partial charge in [-0.2, -0.15) is 0 Å². The predicted molar refractivity (Wildman–Crippen MR) is 49.2 cm³/mol. The van der Waals surface area contributed by atoms with E-state index in [-0.39, 0.29) is 0 Å². The summed E-state index contributed by atoms with van der Waals surface area (Å²) in [6.07, 6.45) is 5.25. The number of rotatable bonds is 4. The second-order valence-corrected chi connectivity index (χ2v) is 4.89. The quantitative estimate of drug-likeness (QED) is 0.695. The lowest BCUT2D eigenvalue weighted by molar-refractivity contribution is 0.0315. The molecule has 0 aromatic heterocycles. The molecule has 78 valence electrons. The first kappa shape index (κ1) is 11.2. The van der Waals surface area contributed by atoms with Crippen molar-refractivity contribution in [3.05, 3.63) is 0 Å². The maximum atomic E-state index is 10.7. The average molecular weight is 208 g/mol. The highest BCUT2D eigenvalue weighted by Gasteiger charge is 2.39. The molecule has 1 saturated carbocycles. The lowest BCUT2D eigenvalue weighted by Crippen LogP contribution is -2.27. The van der Waals surface area contributed by atoms with Gasteiger partial charge < -0.3 is 9.79 Å². The van der Waals surface area contributed by atoms with Crippen LogP contribution in [0.2, 0.25) is 0 Å². The molecule has 0 aromatic carbocycles. The molecule has 0 heterocycles. The van der Waals surface area contributed by atoms with Crippen LogP contribution in [0.5, 0.6) is 0 Å². The van der Waals surface area contributed by atoms with Crippen molar-refractivity contribution in [3.8, 4) is 0 Å². The molecule has 0 spiro atoms. The number of phosphoric ester groups is 1. The Morgan fingerprint density at radius 1 is 1.38 bits per heavy atom. The first-order valence-electron chi connectivity index (χ1n) is 4.74. The van der Waals surface area contributed by atoms with E-state index in [0.29, 0.717) is 0 Å². The highest BCUT2D eigenvalue weighted by molar-refractivity contribution is 7.46. The SMILES string of the molecule is CCCC1(OP(=O)(O)O)CCCC1. The van der Waals surface area contributed by atoms with Gasteiger partial charge in [-0.3, -0.25) is 4.52 Å². The second kappa shape index (κ2) is 4.09. The summed E-state index contributed by atoms with van der Waals surface area (Å²) < 4.78 is 15.6. The Morgan fingerprint density at radius 3 is 2.31 bits per heavy atom. The van der Waals surface area contributed by atoms with E-state index in [1.165, 1.54) is 0 Å². The van der Waals surface area contributed by atoms with Gasteiger partial charge in [0.2, 0.25) is 0 Å². The van der Waals surface area contributed by atoms with E-state index in [1.54, 1.807) is 0 Å². The summed E-state index contributed by atoms with van der Waals surface area (Å²) in [7, 11) is -4.31. The zero-order valence-corrected chi connectivity index (χ0v) is 8.80. The Bertz CT molecular complexity index is 204. The van der Waals surface area contributed by atoms with Gasteiger partial charge in [-0.15, -0.1) is 0 Å². The molecule has 0 aliphatic heterocycles. The normalized spacial score (nSPS) is 22.1. The molecule has 0 atom stereocenters. The predicted octanol–water partition coefficient (Wildman–Crippen LogP) is 2.21. The van der Waals surface area contributed by atoms with Gasteiger partial charge in [-0.1, -0.05) is 26.2 Å². The van der Waals surface area contributed by atoms with Crippen LogP contribution in [0, 0.1) is 0 Å². The van der Waals surface area contributed by atoms with Crippen molar-refractivity contribution < 1.29 is 18.9 Å².